The van der Waals surface area contributed by atoms with Crippen LogP contribution < -0.4 is 5.32 Å². The molecule has 0 bridgehead atoms. The fraction of sp³-hybridized carbons (Fsp3) is 0.143. The minimum Gasteiger partial charge on any atom is -0.478 e. The number of aromatic nitrogens is 1. The first-order valence-electron chi connectivity index (χ1n) is 5.90. The highest BCUT2D eigenvalue weighted by Crippen LogP contribution is 2.04. The summed E-state index contributed by atoms with van der Waals surface area (Å²) in [6.45, 7) is 0.539. The largest absolute Gasteiger partial charge is 0.478 e. The number of hydrogen-bond acceptors (Lipinski definition) is 2. The number of hydrogen-bond donors (Lipinski definition) is 3. The maximum Gasteiger partial charge on any atom is 0.335 e. The summed E-state index contributed by atoms with van der Waals surface area (Å²) in [6.07, 6.45) is 4.47. The highest BCUT2D eigenvalue weighted by molar-refractivity contribution is 5.95. The van der Waals surface area contributed by atoms with E-state index in [0.29, 0.717) is 12.1 Å². The molecule has 0 radical (unpaired) electrons. The van der Waals surface area contributed by atoms with Crippen molar-refractivity contribution in [3.63, 3.8) is 0 Å². The van der Waals surface area contributed by atoms with Crippen molar-refractivity contribution in [3.05, 3.63) is 59.4 Å². The highest BCUT2D eigenvalue weighted by Gasteiger charge is 2.07. The number of H-pyrrole nitrogens is 1. The van der Waals surface area contributed by atoms with Gasteiger partial charge in [0.1, 0.15) is 0 Å². The molecular weight excluding hydrogens is 244 g/mol. The molecular formula is C14H14N2O3. The Bertz CT molecular complexity index is 559. The van der Waals surface area contributed by atoms with Gasteiger partial charge in [-0.05, 0) is 42.3 Å². The van der Waals surface area contributed by atoms with Gasteiger partial charge in [0.25, 0.3) is 5.91 Å². The molecule has 1 amide bonds. The third-order valence-corrected chi connectivity index (χ3v) is 2.76. The first-order valence-corrected chi connectivity index (χ1v) is 5.90. The second kappa shape index (κ2) is 5.86. The van der Waals surface area contributed by atoms with Crippen LogP contribution in [-0.2, 0) is 6.42 Å². The van der Waals surface area contributed by atoms with Crippen molar-refractivity contribution in [2.45, 2.75) is 6.42 Å². The number of carboxylic acid groups (broad SMARTS) is 1. The number of carboxylic acids is 1. The fourth-order valence-electron chi connectivity index (χ4n) is 1.70. The molecule has 19 heavy (non-hydrogen) atoms. The van der Waals surface area contributed by atoms with E-state index in [0.717, 1.165) is 12.0 Å². The Balaban J connectivity index is 1.87. The third kappa shape index (κ3) is 3.45. The summed E-state index contributed by atoms with van der Waals surface area (Å²) in [5, 5.41) is 11.5. The lowest BCUT2D eigenvalue weighted by molar-refractivity contribution is 0.0696. The van der Waals surface area contributed by atoms with E-state index in [1.54, 1.807) is 0 Å². The molecule has 2 aromatic rings. The van der Waals surface area contributed by atoms with Gasteiger partial charge in [0, 0.05) is 24.5 Å². The molecule has 1 aromatic heterocycles. The van der Waals surface area contributed by atoms with Gasteiger partial charge in [-0.3, -0.25) is 4.79 Å². The number of aromatic carboxylic acids is 1. The summed E-state index contributed by atoms with van der Waals surface area (Å²) in [5.41, 5.74) is 1.75. The topological polar surface area (TPSA) is 82.2 Å². The second-order valence-electron chi connectivity index (χ2n) is 4.11. The van der Waals surface area contributed by atoms with Gasteiger partial charge in [-0.25, -0.2) is 4.79 Å². The fourth-order valence-corrected chi connectivity index (χ4v) is 1.70. The van der Waals surface area contributed by atoms with Gasteiger partial charge in [-0.15, -0.1) is 0 Å². The molecule has 0 aliphatic heterocycles. The molecule has 0 atom stereocenters. The lowest BCUT2D eigenvalue weighted by Gasteiger charge is -2.04. The van der Waals surface area contributed by atoms with E-state index < -0.39 is 5.97 Å². The van der Waals surface area contributed by atoms with Crippen molar-refractivity contribution >= 4 is 11.9 Å². The zero-order valence-electron chi connectivity index (χ0n) is 10.2. The van der Waals surface area contributed by atoms with Gasteiger partial charge in [0.05, 0.1) is 5.56 Å². The summed E-state index contributed by atoms with van der Waals surface area (Å²) in [4.78, 5) is 25.4. The SMILES string of the molecule is O=C(O)c1ccc(C(=O)NCCc2cc[nH]c2)cc1. The lowest BCUT2D eigenvalue weighted by atomic mass is 10.1. The van der Waals surface area contributed by atoms with Crippen LogP contribution in [0.1, 0.15) is 26.3 Å². The molecule has 3 N–H and O–H groups in total. The van der Waals surface area contributed by atoms with Crippen LogP contribution in [0.5, 0.6) is 0 Å². The average molecular weight is 258 g/mol. The number of nitrogens with one attached hydrogen (secondary N) is 2. The van der Waals surface area contributed by atoms with Crippen LogP contribution >= 0.6 is 0 Å². The Kier molecular flexibility index (Phi) is 3.97. The molecule has 0 aliphatic carbocycles. The molecule has 0 aliphatic rings. The summed E-state index contributed by atoms with van der Waals surface area (Å²) >= 11 is 0. The summed E-state index contributed by atoms with van der Waals surface area (Å²) in [7, 11) is 0. The molecule has 0 saturated heterocycles. The first kappa shape index (κ1) is 12.9. The molecule has 98 valence electrons. The number of amides is 1. The predicted molar refractivity (Wildman–Crippen MR) is 70.2 cm³/mol. The van der Waals surface area contributed by atoms with Crippen molar-refractivity contribution in [1.29, 1.82) is 0 Å². The van der Waals surface area contributed by atoms with E-state index in [9.17, 15) is 9.59 Å². The average Bonchev–Trinajstić information content (AvgIpc) is 2.92. The normalized spacial score (nSPS) is 10.1. The van der Waals surface area contributed by atoms with E-state index in [1.165, 1.54) is 24.3 Å². The van der Waals surface area contributed by atoms with Gasteiger partial charge in [-0.1, -0.05) is 0 Å². The van der Waals surface area contributed by atoms with E-state index in [4.69, 9.17) is 5.11 Å². The standard InChI is InChI=1S/C14H14N2O3/c17-13(16-8-6-10-5-7-15-9-10)11-1-3-12(4-2-11)14(18)19/h1-5,7,9,15H,6,8H2,(H,16,17)(H,18,19). The molecule has 2 rings (SSSR count). The number of aromatic amines is 1. The second-order valence-corrected chi connectivity index (χ2v) is 4.11. The predicted octanol–water partition coefficient (Wildman–Crippen LogP) is 1.69. The minimum absolute atomic E-state index is 0.170. The van der Waals surface area contributed by atoms with Gasteiger partial charge < -0.3 is 15.4 Å². The zero-order valence-corrected chi connectivity index (χ0v) is 10.2. The number of benzene rings is 1. The summed E-state index contributed by atoms with van der Waals surface area (Å²) in [6, 6.07) is 7.81. The number of carbonyl (C=O) groups excluding carboxylic acids is 1. The summed E-state index contributed by atoms with van der Waals surface area (Å²) < 4.78 is 0. The van der Waals surface area contributed by atoms with Crippen LogP contribution in [0.2, 0.25) is 0 Å². The summed E-state index contributed by atoms with van der Waals surface area (Å²) in [5.74, 6) is -1.20. The molecule has 0 unspecified atom stereocenters. The van der Waals surface area contributed by atoms with Crippen molar-refractivity contribution in [1.82, 2.24) is 10.3 Å². The Morgan fingerprint density at radius 3 is 2.37 bits per heavy atom. The van der Waals surface area contributed by atoms with Crippen molar-refractivity contribution in [3.8, 4) is 0 Å². The molecule has 5 heteroatoms. The zero-order chi connectivity index (χ0) is 13.7. The van der Waals surface area contributed by atoms with Crippen LogP contribution in [0.25, 0.3) is 0 Å². The van der Waals surface area contributed by atoms with Crippen LogP contribution in [0.4, 0.5) is 0 Å². The Labute approximate surface area is 110 Å². The highest BCUT2D eigenvalue weighted by atomic mass is 16.4. The van der Waals surface area contributed by atoms with Crippen molar-refractivity contribution in [2.24, 2.45) is 0 Å². The van der Waals surface area contributed by atoms with Crippen LogP contribution in [-0.4, -0.2) is 28.5 Å². The Hall–Kier alpha value is -2.56. The van der Waals surface area contributed by atoms with Gasteiger partial charge >= 0.3 is 5.97 Å². The maximum absolute atomic E-state index is 11.8. The molecule has 1 aromatic carbocycles. The smallest absolute Gasteiger partial charge is 0.335 e. The molecule has 0 saturated carbocycles. The van der Waals surface area contributed by atoms with Crippen molar-refractivity contribution in [2.75, 3.05) is 6.54 Å². The van der Waals surface area contributed by atoms with E-state index in [2.05, 4.69) is 10.3 Å². The molecule has 0 spiro atoms. The van der Waals surface area contributed by atoms with E-state index in [1.807, 2.05) is 18.5 Å². The van der Waals surface area contributed by atoms with Crippen LogP contribution in [0.15, 0.2) is 42.7 Å². The van der Waals surface area contributed by atoms with Crippen LogP contribution in [0, 0.1) is 0 Å². The van der Waals surface area contributed by atoms with Gasteiger partial charge in [0.15, 0.2) is 0 Å². The third-order valence-electron chi connectivity index (χ3n) is 2.76. The van der Waals surface area contributed by atoms with Gasteiger partial charge in [-0.2, -0.15) is 0 Å². The first-order chi connectivity index (χ1) is 9.16. The quantitative estimate of drug-likeness (QED) is 0.763. The number of rotatable bonds is 5. The number of carbonyl (C=O) groups is 2. The van der Waals surface area contributed by atoms with Gasteiger partial charge in [0.2, 0.25) is 0 Å². The maximum atomic E-state index is 11.8. The van der Waals surface area contributed by atoms with E-state index in [-0.39, 0.29) is 11.5 Å². The van der Waals surface area contributed by atoms with Crippen LogP contribution in [0.3, 0.4) is 0 Å². The lowest BCUT2D eigenvalue weighted by Crippen LogP contribution is -2.25. The Morgan fingerprint density at radius 2 is 1.79 bits per heavy atom. The monoisotopic (exact) mass is 258 g/mol. The Morgan fingerprint density at radius 1 is 1.11 bits per heavy atom. The minimum atomic E-state index is -1.00. The van der Waals surface area contributed by atoms with E-state index >= 15 is 0 Å². The molecule has 1 heterocycles. The molecule has 5 nitrogen and oxygen atoms in total. The van der Waals surface area contributed by atoms with Crippen molar-refractivity contribution < 1.29 is 14.7 Å². The molecule has 0 fully saturated rings.